The number of amides is 1. The maximum absolute atomic E-state index is 13.6. The topological polar surface area (TPSA) is 114 Å². The van der Waals surface area contributed by atoms with Crippen molar-refractivity contribution in [3.8, 4) is 0 Å². The number of nitrogens with one attached hydrogen (secondary N) is 1. The van der Waals surface area contributed by atoms with Crippen LogP contribution in [0.5, 0.6) is 0 Å². The van der Waals surface area contributed by atoms with Crippen molar-refractivity contribution in [1.82, 2.24) is 5.32 Å². The first kappa shape index (κ1) is 77.7. The average Bonchev–Trinajstić information content (AvgIpc) is 3.42. The van der Waals surface area contributed by atoms with Gasteiger partial charge < -0.3 is 28.5 Å². The van der Waals surface area contributed by atoms with E-state index in [1.807, 2.05) is 33.3 Å². The molecule has 3 unspecified atom stereocenters. The molecule has 0 fully saturated rings. The van der Waals surface area contributed by atoms with Gasteiger partial charge >= 0.3 is 5.97 Å². The van der Waals surface area contributed by atoms with E-state index in [1.165, 1.54) is 205 Å². The predicted molar refractivity (Wildman–Crippen MR) is 344 cm³/mol. The lowest BCUT2D eigenvalue weighted by atomic mass is 10.0. The number of phosphoric acid groups is 1. The Morgan fingerprint density at radius 3 is 1.18 bits per heavy atom. The Morgan fingerprint density at radius 2 is 0.762 bits per heavy atom. The highest BCUT2D eigenvalue weighted by Crippen LogP contribution is 2.38. The number of carbonyl (C=O) groups is 2. The fraction of sp³-hybridized carbons (Fsp3) is 0.829. The Bertz CT molecular complexity index is 1550. The third kappa shape index (κ3) is 60.3. The fourth-order valence-electron chi connectivity index (χ4n) is 9.88. The molecule has 9 nitrogen and oxygen atoms in total. The molecule has 468 valence electrons. The summed E-state index contributed by atoms with van der Waals surface area (Å²) in [4.78, 5) is 40.1. The molecule has 0 aliphatic rings. The molecule has 0 bridgehead atoms. The van der Waals surface area contributed by atoms with Gasteiger partial charge in [-0.15, -0.1) is 0 Å². The SMILES string of the molecule is CCCCC/C=C\C/C=C\C/C=C\CCCCCCCCCCC(=O)OC(/C=C/CCCCCCCCCCCC)C(COP(=O)([O-])OCC[N+](C)(C)C)NC(=O)CCCCCCCCCCCCC/C=C/CCCCCCCC. The standard InChI is InChI=1S/C70H131N2O7P/c1-7-10-13-16-19-22-25-28-30-32-34-36-38-40-42-44-47-50-53-56-59-62-69(73)71-67(66-78-80(75,76)77-65-64-72(4,5)6)68(61-58-55-52-49-46-27-24-21-18-15-12-9-3)79-70(74)63-60-57-54-51-48-45-43-41-39-37-35-33-31-29-26-23-20-17-14-11-8-2/h20,23,28-31,35,37,58,61,67-68H,7-19,21-22,24-27,32-34,36,38-57,59-60,62-66H2,1-6H3,(H-,71,73,75,76)/b23-20-,30-28+,31-29-,37-35-,61-58+. The van der Waals surface area contributed by atoms with Gasteiger partial charge in [-0.2, -0.15) is 0 Å². The van der Waals surface area contributed by atoms with E-state index in [0.717, 1.165) is 83.5 Å². The first-order valence-electron chi connectivity index (χ1n) is 34.1. The van der Waals surface area contributed by atoms with Gasteiger partial charge in [0.15, 0.2) is 0 Å². The van der Waals surface area contributed by atoms with Crippen LogP contribution >= 0.6 is 7.82 Å². The van der Waals surface area contributed by atoms with Gasteiger partial charge in [0.05, 0.1) is 33.8 Å². The van der Waals surface area contributed by atoms with Crippen molar-refractivity contribution < 1.29 is 37.3 Å². The lowest BCUT2D eigenvalue weighted by molar-refractivity contribution is -0.870. The number of unbranched alkanes of at least 4 members (excludes halogenated alkanes) is 38. The van der Waals surface area contributed by atoms with E-state index in [4.69, 9.17) is 13.8 Å². The monoisotopic (exact) mass is 1140 g/mol. The first-order valence-corrected chi connectivity index (χ1v) is 35.6. The van der Waals surface area contributed by atoms with E-state index in [1.54, 1.807) is 0 Å². The van der Waals surface area contributed by atoms with Gasteiger partial charge in [0.25, 0.3) is 7.82 Å². The molecule has 1 amide bonds. The van der Waals surface area contributed by atoms with Crippen LogP contribution < -0.4 is 10.2 Å². The van der Waals surface area contributed by atoms with Crippen LogP contribution in [-0.4, -0.2) is 69.4 Å². The van der Waals surface area contributed by atoms with Crippen LogP contribution in [0.25, 0.3) is 0 Å². The highest BCUT2D eigenvalue weighted by atomic mass is 31.2. The molecular formula is C70H131N2O7P. The van der Waals surface area contributed by atoms with Crippen molar-refractivity contribution >= 4 is 19.7 Å². The number of phosphoric ester groups is 1. The van der Waals surface area contributed by atoms with Gasteiger partial charge in [-0.3, -0.25) is 14.2 Å². The molecule has 1 N–H and O–H groups in total. The highest BCUT2D eigenvalue weighted by Gasteiger charge is 2.27. The lowest BCUT2D eigenvalue weighted by Gasteiger charge is -2.30. The van der Waals surface area contributed by atoms with E-state index in [2.05, 4.69) is 74.7 Å². The number of quaternary nitrogens is 1. The van der Waals surface area contributed by atoms with Crippen LogP contribution in [0.1, 0.15) is 323 Å². The Kier molecular flexibility index (Phi) is 58.1. The minimum absolute atomic E-state index is 0.0240. The summed E-state index contributed by atoms with van der Waals surface area (Å²) in [7, 11) is 1.19. The number of esters is 1. The number of likely N-dealkylation sites (N-methyl/N-ethyl adjacent to an activating group) is 1. The molecule has 10 heteroatoms. The minimum atomic E-state index is -4.70. The molecule has 0 aromatic rings. The summed E-state index contributed by atoms with van der Waals surface area (Å²) in [6.45, 7) is 6.84. The van der Waals surface area contributed by atoms with Crippen LogP contribution in [0.4, 0.5) is 0 Å². The van der Waals surface area contributed by atoms with Crippen molar-refractivity contribution in [2.24, 2.45) is 0 Å². The molecule has 0 rings (SSSR count). The number of carbonyl (C=O) groups excluding carboxylic acids is 2. The molecule has 0 spiro atoms. The second-order valence-electron chi connectivity index (χ2n) is 24.3. The number of ether oxygens (including phenoxy) is 1. The van der Waals surface area contributed by atoms with Gasteiger partial charge in [0, 0.05) is 12.8 Å². The molecule has 0 heterocycles. The third-order valence-corrected chi connectivity index (χ3v) is 16.1. The van der Waals surface area contributed by atoms with E-state index >= 15 is 0 Å². The summed E-state index contributed by atoms with van der Waals surface area (Å²) >= 11 is 0. The molecule has 0 saturated carbocycles. The summed E-state index contributed by atoms with van der Waals surface area (Å²) in [6, 6.07) is -0.893. The highest BCUT2D eigenvalue weighted by molar-refractivity contribution is 7.45. The summed E-state index contributed by atoms with van der Waals surface area (Å²) in [5.41, 5.74) is 0. The Labute approximate surface area is 496 Å². The zero-order chi connectivity index (χ0) is 58.6. The van der Waals surface area contributed by atoms with E-state index < -0.39 is 26.6 Å². The van der Waals surface area contributed by atoms with Crippen LogP contribution in [0.15, 0.2) is 60.8 Å². The van der Waals surface area contributed by atoms with Crippen LogP contribution in [0.3, 0.4) is 0 Å². The quantitative estimate of drug-likeness (QED) is 0.0212. The second-order valence-corrected chi connectivity index (χ2v) is 25.7. The number of hydrogen-bond acceptors (Lipinski definition) is 7. The Hall–Kier alpha value is -2.29. The molecule has 80 heavy (non-hydrogen) atoms. The maximum atomic E-state index is 13.6. The molecule has 0 saturated heterocycles. The average molecular weight is 1140 g/mol. The third-order valence-electron chi connectivity index (χ3n) is 15.2. The number of rotatable bonds is 62. The van der Waals surface area contributed by atoms with Crippen molar-refractivity contribution in [3.05, 3.63) is 60.8 Å². The van der Waals surface area contributed by atoms with Gasteiger partial charge in [0.2, 0.25) is 5.91 Å². The fourth-order valence-corrected chi connectivity index (χ4v) is 10.6. The molecular weight excluding hydrogens is 1010 g/mol. The smallest absolute Gasteiger partial charge is 0.306 e. The Morgan fingerprint density at radius 1 is 0.438 bits per heavy atom. The second kappa shape index (κ2) is 59.9. The van der Waals surface area contributed by atoms with E-state index in [0.29, 0.717) is 17.4 Å². The zero-order valence-electron chi connectivity index (χ0n) is 53.5. The van der Waals surface area contributed by atoms with Crippen molar-refractivity contribution in [2.75, 3.05) is 40.9 Å². The Balaban J connectivity index is 5.15. The maximum Gasteiger partial charge on any atom is 0.306 e. The van der Waals surface area contributed by atoms with Gasteiger partial charge in [-0.05, 0) is 96.0 Å². The molecule has 3 atom stereocenters. The van der Waals surface area contributed by atoms with Gasteiger partial charge in [0.1, 0.15) is 19.3 Å². The molecule has 0 aromatic heterocycles. The van der Waals surface area contributed by atoms with Crippen LogP contribution in [0, 0.1) is 0 Å². The molecule has 0 aliphatic heterocycles. The zero-order valence-corrected chi connectivity index (χ0v) is 54.4. The summed E-state index contributed by atoms with van der Waals surface area (Å²) < 4.78 is 30.4. The van der Waals surface area contributed by atoms with Crippen LogP contribution in [-0.2, 0) is 27.9 Å². The summed E-state index contributed by atoms with van der Waals surface area (Å²) in [6.07, 6.45) is 76.1. The van der Waals surface area contributed by atoms with Crippen molar-refractivity contribution in [1.29, 1.82) is 0 Å². The van der Waals surface area contributed by atoms with Crippen molar-refractivity contribution in [3.63, 3.8) is 0 Å². The van der Waals surface area contributed by atoms with E-state index in [9.17, 15) is 19.0 Å². The minimum Gasteiger partial charge on any atom is -0.756 e. The molecule has 0 radical (unpaired) electrons. The first-order chi connectivity index (χ1) is 38.9. The van der Waals surface area contributed by atoms with Crippen molar-refractivity contribution in [2.45, 2.75) is 335 Å². The lowest BCUT2D eigenvalue weighted by Crippen LogP contribution is -2.47. The van der Waals surface area contributed by atoms with Gasteiger partial charge in [-0.25, -0.2) is 0 Å². The van der Waals surface area contributed by atoms with Crippen LogP contribution in [0.2, 0.25) is 0 Å². The largest absolute Gasteiger partial charge is 0.756 e. The number of allylic oxidation sites excluding steroid dienone is 9. The van der Waals surface area contributed by atoms with Gasteiger partial charge in [-0.1, -0.05) is 275 Å². The summed E-state index contributed by atoms with van der Waals surface area (Å²) in [5.74, 6) is -0.540. The predicted octanol–water partition coefficient (Wildman–Crippen LogP) is 20.8. The normalized spacial score (nSPS) is 13.9. The molecule has 0 aliphatic carbocycles. The molecule has 0 aromatic carbocycles. The summed E-state index contributed by atoms with van der Waals surface area (Å²) in [5, 5.41) is 3.04. The number of nitrogens with zero attached hydrogens (tertiary/aromatic N) is 1. The number of hydrogen-bond donors (Lipinski definition) is 1. The van der Waals surface area contributed by atoms with E-state index in [-0.39, 0.29) is 24.9 Å².